The lowest BCUT2D eigenvalue weighted by Gasteiger charge is -2.16. The molecule has 0 fully saturated rings. The van der Waals surface area contributed by atoms with E-state index in [1.54, 1.807) is 26.0 Å². The predicted molar refractivity (Wildman–Crippen MR) is 102 cm³/mol. The van der Waals surface area contributed by atoms with E-state index in [2.05, 4.69) is 10.3 Å². The molecule has 7 nitrogen and oxygen atoms in total. The number of nitrogens with one attached hydrogen (secondary N) is 1. The molecule has 27 heavy (non-hydrogen) atoms. The number of aliphatic hydroxyl groups excluding tert-OH is 1. The van der Waals surface area contributed by atoms with Gasteiger partial charge >= 0.3 is 0 Å². The van der Waals surface area contributed by atoms with Crippen molar-refractivity contribution in [3.63, 3.8) is 0 Å². The number of aliphatic hydroxyl groups is 1. The quantitative estimate of drug-likeness (QED) is 0.715. The second-order valence-corrected chi connectivity index (χ2v) is 6.49. The van der Waals surface area contributed by atoms with Gasteiger partial charge in [-0.1, -0.05) is 6.07 Å². The summed E-state index contributed by atoms with van der Waals surface area (Å²) < 4.78 is 17.0. The molecule has 0 atom stereocenters. The maximum Gasteiger partial charge on any atom is 0.264 e. The summed E-state index contributed by atoms with van der Waals surface area (Å²) in [6.45, 7) is 3.61. The van der Waals surface area contributed by atoms with Crippen molar-refractivity contribution in [3.8, 4) is 0 Å². The molecule has 2 aromatic heterocycles. The summed E-state index contributed by atoms with van der Waals surface area (Å²) in [5.74, 6) is -0.306. The highest BCUT2D eigenvalue weighted by atomic mass is 19.1. The van der Waals surface area contributed by atoms with Gasteiger partial charge in [0.25, 0.3) is 11.1 Å². The summed E-state index contributed by atoms with van der Waals surface area (Å²) in [5.41, 5.74) is 0.853. The minimum absolute atomic E-state index is 0.0591. The van der Waals surface area contributed by atoms with E-state index in [0.717, 1.165) is 5.56 Å². The largest absolute Gasteiger partial charge is 0.396 e. The van der Waals surface area contributed by atoms with E-state index in [-0.39, 0.29) is 40.1 Å². The molecule has 0 aliphatic rings. The van der Waals surface area contributed by atoms with Gasteiger partial charge in [-0.3, -0.25) is 18.7 Å². The molecule has 1 aromatic carbocycles. The number of rotatable bonds is 5. The first kappa shape index (κ1) is 18.8. The molecule has 0 aliphatic heterocycles. The van der Waals surface area contributed by atoms with Gasteiger partial charge in [-0.25, -0.2) is 9.37 Å². The lowest BCUT2D eigenvalue weighted by molar-refractivity contribution is 0.279. The monoisotopic (exact) mass is 372 g/mol. The van der Waals surface area contributed by atoms with Gasteiger partial charge in [-0.2, -0.15) is 0 Å². The smallest absolute Gasteiger partial charge is 0.264 e. The average molecular weight is 372 g/mol. The lowest BCUT2D eigenvalue weighted by Crippen LogP contribution is -2.28. The highest BCUT2D eigenvalue weighted by molar-refractivity contribution is 5.92. The van der Waals surface area contributed by atoms with Crippen LogP contribution < -0.4 is 16.4 Å². The first-order valence-electron chi connectivity index (χ1n) is 8.58. The Labute approximate surface area is 154 Å². The van der Waals surface area contributed by atoms with Crippen molar-refractivity contribution in [1.82, 2.24) is 14.1 Å². The molecule has 0 bridgehead atoms. The molecule has 0 amide bonds. The highest BCUT2D eigenvalue weighted by Crippen LogP contribution is 2.25. The summed E-state index contributed by atoms with van der Waals surface area (Å²) >= 11 is 0. The number of fused-ring (bicyclic) bond motifs is 1. The van der Waals surface area contributed by atoms with Crippen molar-refractivity contribution < 1.29 is 9.50 Å². The Morgan fingerprint density at radius 1 is 1.22 bits per heavy atom. The molecule has 0 aliphatic carbocycles. The third-order valence-electron chi connectivity index (χ3n) is 4.53. The number of hydrogen-bond acceptors (Lipinski definition) is 5. The van der Waals surface area contributed by atoms with Crippen LogP contribution in [0.3, 0.4) is 0 Å². The van der Waals surface area contributed by atoms with Crippen molar-refractivity contribution in [2.75, 3.05) is 11.9 Å². The Hall–Kier alpha value is -3.00. The molecule has 2 heterocycles. The second-order valence-electron chi connectivity index (χ2n) is 6.49. The van der Waals surface area contributed by atoms with E-state index >= 15 is 0 Å². The molecule has 142 valence electrons. The fourth-order valence-electron chi connectivity index (χ4n) is 3.00. The zero-order chi connectivity index (χ0) is 19.7. The number of anilines is 2. The predicted octanol–water partition coefficient (Wildman–Crippen LogP) is 1.98. The Balaban J connectivity index is 2.29. The maximum atomic E-state index is 14.3. The minimum atomic E-state index is -0.485. The van der Waals surface area contributed by atoms with Crippen LogP contribution in [0.1, 0.15) is 17.5 Å². The number of aryl methyl sites for hydroxylation is 3. The van der Waals surface area contributed by atoms with Crippen molar-refractivity contribution >= 4 is 22.4 Å². The highest BCUT2D eigenvalue weighted by Gasteiger charge is 2.18. The normalized spacial score (nSPS) is 11.1. The van der Waals surface area contributed by atoms with Crippen LogP contribution in [0.4, 0.5) is 15.9 Å². The van der Waals surface area contributed by atoms with E-state index < -0.39 is 5.82 Å². The van der Waals surface area contributed by atoms with Crippen molar-refractivity contribution in [2.45, 2.75) is 26.8 Å². The topological polar surface area (TPSA) is 89.2 Å². The zero-order valence-electron chi connectivity index (χ0n) is 15.4. The number of aromatic nitrogens is 3. The zero-order valence-corrected chi connectivity index (χ0v) is 15.4. The molecular formula is C19H21FN4O3. The second kappa shape index (κ2) is 7.32. The molecular weight excluding hydrogens is 351 g/mol. The molecule has 3 rings (SSSR count). The third-order valence-corrected chi connectivity index (χ3v) is 4.53. The van der Waals surface area contributed by atoms with Gasteiger partial charge in [0, 0.05) is 25.8 Å². The first-order chi connectivity index (χ1) is 12.8. The fraction of sp³-hybridized carbons (Fsp3) is 0.316. The van der Waals surface area contributed by atoms with Gasteiger partial charge in [-0.15, -0.1) is 0 Å². The third kappa shape index (κ3) is 3.35. The van der Waals surface area contributed by atoms with E-state index in [1.165, 1.54) is 28.6 Å². The van der Waals surface area contributed by atoms with Crippen LogP contribution in [0.2, 0.25) is 0 Å². The summed E-state index contributed by atoms with van der Waals surface area (Å²) in [6, 6.07) is 4.66. The van der Waals surface area contributed by atoms with Crippen LogP contribution in [-0.2, 0) is 13.6 Å². The van der Waals surface area contributed by atoms with Crippen LogP contribution in [-0.4, -0.2) is 25.8 Å². The van der Waals surface area contributed by atoms with Gasteiger partial charge in [0.05, 0.1) is 17.5 Å². The SMILES string of the molecule is Cc1ccc(Nc2c3c(=O)n(CCCO)cnc3c(C)c(=O)n2C)c(F)c1. The Kier molecular flexibility index (Phi) is 5.09. The minimum Gasteiger partial charge on any atom is -0.396 e. The lowest BCUT2D eigenvalue weighted by atomic mass is 10.1. The molecule has 8 heteroatoms. The van der Waals surface area contributed by atoms with Gasteiger partial charge in [0.15, 0.2) is 0 Å². The Morgan fingerprint density at radius 2 is 1.96 bits per heavy atom. The summed E-state index contributed by atoms with van der Waals surface area (Å²) in [6.07, 6.45) is 1.76. The van der Waals surface area contributed by atoms with Crippen molar-refractivity contribution in [1.29, 1.82) is 0 Å². The maximum absolute atomic E-state index is 14.3. The van der Waals surface area contributed by atoms with Crippen LogP contribution in [0.25, 0.3) is 10.9 Å². The van der Waals surface area contributed by atoms with Crippen LogP contribution in [0.5, 0.6) is 0 Å². The van der Waals surface area contributed by atoms with Gasteiger partial charge in [0.2, 0.25) is 0 Å². The summed E-state index contributed by atoms with van der Waals surface area (Å²) in [5, 5.41) is 12.1. The van der Waals surface area contributed by atoms with E-state index in [0.29, 0.717) is 18.5 Å². The van der Waals surface area contributed by atoms with Gasteiger partial charge in [-0.05, 0) is 38.0 Å². The first-order valence-corrected chi connectivity index (χ1v) is 8.58. The number of nitrogens with zero attached hydrogens (tertiary/aromatic N) is 3. The number of halogens is 1. The molecule has 3 aromatic rings. The summed E-state index contributed by atoms with van der Waals surface area (Å²) in [4.78, 5) is 29.8. The summed E-state index contributed by atoms with van der Waals surface area (Å²) in [7, 11) is 1.52. The van der Waals surface area contributed by atoms with Crippen LogP contribution in [0, 0.1) is 19.7 Å². The van der Waals surface area contributed by atoms with Crippen LogP contribution in [0.15, 0.2) is 34.1 Å². The standard InChI is InChI=1S/C19H21FN4O3/c1-11-5-6-14(13(20)9-11)22-17-15-16(12(2)18(26)23(17)3)21-10-24(19(15)27)7-4-8-25/h5-6,9-10,22,25H,4,7-8H2,1-3H3. The molecule has 0 saturated carbocycles. The molecule has 0 radical (unpaired) electrons. The van der Waals surface area contributed by atoms with Crippen LogP contribution >= 0.6 is 0 Å². The van der Waals surface area contributed by atoms with Crippen molar-refractivity contribution in [3.05, 3.63) is 62.2 Å². The molecule has 0 spiro atoms. The van der Waals surface area contributed by atoms with Crippen molar-refractivity contribution in [2.24, 2.45) is 7.05 Å². The molecule has 0 saturated heterocycles. The van der Waals surface area contributed by atoms with E-state index in [1.807, 2.05) is 0 Å². The number of hydrogen-bond donors (Lipinski definition) is 2. The Bertz CT molecular complexity index is 1130. The van der Waals surface area contributed by atoms with E-state index in [4.69, 9.17) is 5.11 Å². The van der Waals surface area contributed by atoms with Gasteiger partial charge < -0.3 is 10.4 Å². The molecule has 0 unspecified atom stereocenters. The van der Waals surface area contributed by atoms with Gasteiger partial charge in [0.1, 0.15) is 17.0 Å². The molecule has 2 N–H and O–H groups in total. The number of pyridine rings is 1. The number of benzene rings is 1. The fourth-order valence-corrected chi connectivity index (χ4v) is 3.00. The average Bonchev–Trinajstić information content (AvgIpc) is 2.64. The Morgan fingerprint density at radius 3 is 2.63 bits per heavy atom. The van der Waals surface area contributed by atoms with E-state index in [9.17, 15) is 14.0 Å².